The van der Waals surface area contributed by atoms with Gasteiger partial charge in [0.05, 0.1) is 17.0 Å². The number of ether oxygens (including phenoxy) is 2. The smallest absolute Gasteiger partial charge is 0.281 e. The van der Waals surface area contributed by atoms with Gasteiger partial charge >= 0.3 is 0 Å². The molecule has 0 saturated heterocycles. The number of carbonyl (C=O) groups is 1. The van der Waals surface area contributed by atoms with Gasteiger partial charge in [-0.3, -0.25) is 4.79 Å². The van der Waals surface area contributed by atoms with Crippen molar-refractivity contribution in [3.8, 4) is 11.5 Å². The van der Waals surface area contributed by atoms with Crippen molar-refractivity contribution in [3.05, 3.63) is 101 Å². The number of rotatable bonds is 4. The standard InChI is InChI=1S/C27H22N2O3/c1-18-8-12-21(13-9-18)23(14-10-20-11-15-24-25(16-20)32-17-31-24)26-19(2)28-29(27(26)30)22-6-4-3-5-7-22/h3-16H,17H2,1-2H3/b14-10+,26-23-. The van der Waals surface area contributed by atoms with Crippen LogP contribution in [-0.4, -0.2) is 18.4 Å². The van der Waals surface area contributed by atoms with E-state index in [2.05, 4.69) is 5.10 Å². The minimum Gasteiger partial charge on any atom is -0.454 e. The molecule has 0 aromatic heterocycles. The lowest BCUT2D eigenvalue weighted by Crippen LogP contribution is -2.21. The second kappa shape index (κ2) is 8.19. The second-order valence-electron chi connectivity index (χ2n) is 7.74. The van der Waals surface area contributed by atoms with Crippen molar-refractivity contribution >= 4 is 29.0 Å². The number of hydrazone groups is 1. The third-order valence-electron chi connectivity index (χ3n) is 5.49. The molecule has 0 atom stereocenters. The maximum Gasteiger partial charge on any atom is 0.281 e. The Balaban J connectivity index is 1.58. The lowest BCUT2D eigenvalue weighted by atomic mass is 9.95. The van der Waals surface area contributed by atoms with Crippen molar-refractivity contribution in [2.75, 3.05) is 11.8 Å². The van der Waals surface area contributed by atoms with Crippen LogP contribution in [0.5, 0.6) is 11.5 Å². The summed E-state index contributed by atoms with van der Waals surface area (Å²) in [5.41, 5.74) is 5.92. The molecule has 158 valence electrons. The van der Waals surface area contributed by atoms with Crippen LogP contribution in [0.15, 0.2) is 89.5 Å². The lowest BCUT2D eigenvalue weighted by molar-refractivity contribution is -0.114. The number of anilines is 1. The normalized spacial score (nSPS) is 16.6. The van der Waals surface area contributed by atoms with Gasteiger partial charge in [0, 0.05) is 0 Å². The highest BCUT2D eigenvalue weighted by Gasteiger charge is 2.31. The molecule has 2 aliphatic rings. The molecule has 0 fully saturated rings. The van der Waals surface area contributed by atoms with Crippen LogP contribution < -0.4 is 14.5 Å². The third-order valence-corrected chi connectivity index (χ3v) is 5.49. The Morgan fingerprint density at radius 1 is 0.938 bits per heavy atom. The van der Waals surface area contributed by atoms with Gasteiger partial charge in [-0.25, -0.2) is 0 Å². The minimum absolute atomic E-state index is 0.139. The average Bonchev–Trinajstić information content (AvgIpc) is 3.40. The first-order chi connectivity index (χ1) is 15.6. The molecule has 5 heteroatoms. The first kappa shape index (κ1) is 19.8. The van der Waals surface area contributed by atoms with Crippen LogP contribution >= 0.6 is 0 Å². The molecule has 1 amide bonds. The summed E-state index contributed by atoms with van der Waals surface area (Å²) < 4.78 is 10.9. The van der Waals surface area contributed by atoms with E-state index in [1.807, 2.05) is 98.8 Å². The number of hydrogen-bond donors (Lipinski definition) is 0. The molecular formula is C27H22N2O3. The molecule has 2 aliphatic heterocycles. The highest BCUT2D eigenvalue weighted by atomic mass is 16.7. The molecule has 0 unspecified atom stereocenters. The van der Waals surface area contributed by atoms with E-state index >= 15 is 0 Å². The van der Waals surface area contributed by atoms with Crippen LogP contribution in [0.3, 0.4) is 0 Å². The molecule has 0 spiro atoms. The van der Waals surface area contributed by atoms with E-state index in [9.17, 15) is 4.79 Å². The predicted octanol–water partition coefficient (Wildman–Crippen LogP) is 5.61. The summed E-state index contributed by atoms with van der Waals surface area (Å²) >= 11 is 0. The highest BCUT2D eigenvalue weighted by molar-refractivity contribution is 6.34. The molecule has 2 heterocycles. The third kappa shape index (κ3) is 3.69. The van der Waals surface area contributed by atoms with Gasteiger partial charge in [-0.15, -0.1) is 0 Å². The van der Waals surface area contributed by atoms with Gasteiger partial charge in [0.25, 0.3) is 5.91 Å². The summed E-state index contributed by atoms with van der Waals surface area (Å²) in [6.07, 6.45) is 3.96. The molecule has 5 rings (SSSR count). The molecule has 0 N–H and O–H groups in total. The Labute approximate surface area is 186 Å². The molecule has 0 radical (unpaired) electrons. The number of nitrogens with zero attached hydrogens (tertiary/aromatic N) is 2. The van der Waals surface area contributed by atoms with Gasteiger partial charge < -0.3 is 9.47 Å². The first-order valence-electron chi connectivity index (χ1n) is 10.4. The van der Waals surface area contributed by atoms with Crippen LogP contribution in [0.1, 0.15) is 23.6 Å². The number of carbonyl (C=O) groups excluding carboxylic acids is 1. The molecule has 0 aliphatic carbocycles. The van der Waals surface area contributed by atoms with E-state index in [-0.39, 0.29) is 12.7 Å². The van der Waals surface area contributed by atoms with Gasteiger partial charge in [0.15, 0.2) is 11.5 Å². The topological polar surface area (TPSA) is 51.1 Å². The van der Waals surface area contributed by atoms with Crippen LogP contribution in [0.25, 0.3) is 11.6 Å². The number of aryl methyl sites for hydroxylation is 1. The fourth-order valence-electron chi connectivity index (χ4n) is 3.81. The maximum atomic E-state index is 13.4. The number of para-hydroxylation sites is 1. The average molecular weight is 422 g/mol. The summed E-state index contributed by atoms with van der Waals surface area (Å²) in [6, 6.07) is 23.4. The summed E-state index contributed by atoms with van der Waals surface area (Å²) in [4.78, 5) is 13.4. The zero-order valence-electron chi connectivity index (χ0n) is 17.9. The molecule has 5 nitrogen and oxygen atoms in total. The van der Waals surface area contributed by atoms with Crippen molar-refractivity contribution < 1.29 is 14.3 Å². The monoisotopic (exact) mass is 422 g/mol. The van der Waals surface area contributed by atoms with Gasteiger partial charge in [-0.05, 0) is 54.8 Å². The number of hydrogen-bond acceptors (Lipinski definition) is 4. The summed E-state index contributed by atoms with van der Waals surface area (Å²) in [7, 11) is 0. The van der Waals surface area contributed by atoms with Crippen LogP contribution in [0, 0.1) is 6.92 Å². The predicted molar refractivity (Wildman–Crippen MR) is 127 cm³/mol. The molecular weight excluding hydrogens is 400 g/mol. The van der Waals surface area contributed by atoms with Crippen LogP contribution in [0.2, 0.25) is 0 Å². The molecule has 3 aromatic rings. The number of amides is 1. The Morgan fingerprint density at radius 2 is 1.69 bits per heavy atom. The zero-order valence-corrected chi connectivity index (χ0v) is 17.9. The molecule has 32 heavy (non-hydrogen) atoms. The van der Waals surface area contributed by atoms with E-state index in [0.29, 0.717) is 11.3 Å². The SMILES string of the molecule is CC1=NN(c2ccccc2)C(=O)/C1=C(/C=C/c1ccc2c(c1)OCO2)c1ccc(C)cc1. The Bertz CT molecular complexity index is 1270. The fraction of sp³-hybridized carbons (Fsp3) is 0.111. The van der Waals surface area contributed by atoms with Crippen LogP contribution in [0.4, 0.5) is 5.69 Å². The van der Waals surface area contributed by atoms with Gasteiger partial charge in [-0.2, -0.15) is 10.1 Å². The van der Waals surface area contributed by atoms with Gasteiger partial charge in [0.2, 0.25) is 6.79 Å². The van der Waals surface area contributed by atoms with E-state index in [4.69, 9.17) is 9.47 Å². The van der Waals surface area contributed by atoms with Crippen molar-refractivity contribution in [3.63, 3.8) is 0 Å². The Kier molecular flexibility index (Phi) is 5.07. The fourth-order valence-corrected chi connectivity index (χ4v) is 3.81. The summed E-state index contributed by atoms with van der Waals surface area (Å²) in [6.45, 7) is 4.16. The number of benzene rings is 3. The number of allylic oxidation sites excluding steroid dienone is 2. The minimum atomic E-state index is -0.139. The highest BCUT2D eigenvalue weighted by Crippen LogP contribution is 2.34. The second-order valence-corrected chi connectivity index (χ2v) is 7.74. The van der Waals surface area contributed by atoms with E-state index in [0.717, 1.165) is 39.4 Å². The van der Waals surface area contributed by atoms with Crippen molar-refractivity contribution in [2.45, 2.75) is 13.8 Å². The Hall–Kier alpha value is -4.12. The van der Waals surface area contributed by atoms with E-state index in [1.54, 1.807) is 0 Å². The molecule has 3 aromatic carbocycles. The summed E-state index contributed by atoms with van der Waals surface area (Å²) in [5.74, 6) is 1.33. The first-order valence-corrected chi connectivity index (χ1v) is 10.4. The largest absolute Gasteiger partial charge is 0.454 e. The van der Waals surface area contributed by atoms with Crippen molar-refractivity contribution in [1.29, 1.82) is 0 Å². The number of fused-ring (bicyclic) bond motifs is 1. The van der Waals surface area contributed by atoms with Crippen LogP contribution in [-0.2, 0) is 4.79 Å². The van der Waals surface area contributed by atoms with E-state index in [1.165, 1.54) is 5.01 Å². The van der Waals surface area contributed by atoms with Crippen molar-refractivity contribution in [2.24, 2.45) is 5.10 Å². The Morgan fingerprint density at radius 3 is 2.47 bits per heavy atom. The van der Waals surface area contributed by atoms with Gasteiger partial charge in [0.1, 0.15) is 0 Å². The lowest BCUT2D eigenvalue weighted by Gasteiger charge is -2.13. The quantitative estimate of drug-likeness (QED) is 0.513. The van der Waals surface area contributed by atoms with Gasteiger partial charge in [-0.1, -0.05) is 66.2 Å². The molecule has 0 bridgehead atoms. The zero-order chi connectivity index (χ0) is 22.1. The van der Waals surface area contributed by atoms with Crippen molar-refractivity contribution in [1.82, 2.24) is 0 Å². The molecule has 0 saturated carbocycles. The van der Waals surface area contributed by atoms with E-state index < -0.39 is 0 Å². The summed E-state index contributed by atoms with van der Waals surface area (Å²) in [5, 5.41) is 6.03. The maximum absolute atomic E-state index is 13.4.